The molecule has 0 spiro atoms. The molecule has 0 N–H and O–H groups in total. The first-order chi connectivity index (χ1) is 6.91. The SMILES string of the molecule is C=C(C)COc1ccccc1S(=O)(=O)Cl. The predicted octanol–water partition coefficient (Wildman–Crippen LogP) is 2.57. The van der Waals surface area contributed by atoms with E-state index in [1.54, 1.807) is 25.1 Å². The molecule has 0 saturated heterocycles. The van der Waals surface area contributed by atoms with Crippen molar-refractivity contribution in [3.8, 4) is 5.75 Å². The Bertz CT molecular complexity index is 465. The fourth-order valence-corrected chi connectivity index (χ4v) is 1.96. The third-order valence-corrected chi connectivity index (χ3v) is 2.95. The molecule has 0 heterocycles. The number of rotatable bonds is 4. The highest BCUT2D eigenvalue weighted by Crippen LogP contribution is 2.26. The number of ether oxygens (including phenoxy) is 1. The van der Waals surface area contributed by atoms with E-state index in [2.05, 4.69) is 6.58 Å². The largest absolute Gasteiger partial charge is 0.488 e. The Balaban J connectivity index is 3.02. The summed E-state index contributed by atoms with van der Waals surface area (Å²) in [5.41, 5.74) is 0.803. The van der Waals surface area contributed by atoms with Crippen molar-refractivity contribution in [2.45, 2.75) is 11.8 Å². The van der Waals surface area contributed by atoms with Crippen LogP contribution >= 0.6 is 10.7 Å². The second-order valence-electron chi connectivity index (χ2n) is 3.13. The second kappa shape index (κ2) is 4.68. The van der Waals surface area contributed by atoms with Crippen molar-refractivity contribution in [2.75, 3.05) is 6.61 Å². The lowest BCUT2D eigenvalue weighted by molar-refractivity contribution is 0.343. The maximum absolute atomic E-state index is 11.2. The van der Waals surface area contributed by atoms with Gasteiger partial charge in [0.15, 0.2) is 0 Å². The quantitative estimate of drug-likeness (QED) is 0.606. The van der Waals surface area contributed by atoms with Gasteiger partial charge in [-0.25, -0.2) is 8.42 Å². The molecule has 0 amide bonds. The lowest BCUT2D eigenvalue weighted by Gasteiger charge is -2.08. The summed E-state index contributed by atoms with van der Waals surface area (Å²) >= 11 is 0. The molecule has 0 radical (unpaired) electrons. The van der Waals surface area contributed by atoms with Crippen molar-refractivity contribution in [3.63, 3.8) is 0 Å². The average molecular weight is 247 g/mol. The van der Waals surface area contributed by atoms with Gasteiger partial charge < -0.3 is 4.74 Å². The Morgan fingerprint density at radius 3 is 2.60 bits per heavy atom. The molecule has 0 bridgehead atoms. The second-order valence-corrected chi connectivity index (χ2v) is 5.66. The molecule has 1 rings (SSSR count). The molecule has 0 atom stereocenters. The van der Waals surface area contributed by atoms with E-state index in [1.165, 1.54) is 6.07 Å². The highest BCUT2D eigenvalue weighted by Gasteiger charge is 2.15. The van der Waals surface area contributed by atoms with Gasteiger partial charge in [0.2, 0.25) is 0 Å². The van der Waals surface area contributed by atoms with Crippen LogP contribution in [0.25, 0.3) is 0 Å². The number of hydrogen-bond donors (Lipinski definition) is 0. The van der Waals surface area contributed by atoms with Gasteiger partial charge in [-0.2, -0.15) is 0 Å². The maximum atomic E-state index is 11.2. The Morgan fingerprint density at radius 1 is 1.47 bits per heavy atom. The summed E-state index contributed by atoms with van der Waals surface area (Å²) < 4.78 is 27.6. The molecule has 0 aliphatic rings. The van der Waals surface area contributed by atoms with E-state index in [1.807, 2.05) is 0 Å². The Kier molecular flexibility index (Phi) is 3.77. The molecule has 0 aromatic heterocycles. The third kappa shape index (κ3) is 3.57. The van der Waals surface area contributed by atoms with Gasteiger partial charge in [-0.05, 0) is 24.6 Å². The van der Waals surface area contributed by atoms with Gasteiger partial charge in [0.25, 0.3) is 9.05 Å². The summed E-state index contributed by atoms with van der Waals surface area (Å²) in [4.78, 5) is -0.0204. The molecule has 82 valence electrons. The highest BCUT2D eigenvalue weighted by atomic mass is 35.7. The molecule has 3 nitrogen and oxygen atoms in total. The molecule has 5 heteroatoms. The van der Waals surface area contributed by atoms with E-state index < -0.39 is 9.05 Å². The van der Waals surface area contributed by atoms with Crippen LogP contribution < -0.4 is 4.74 Å². The normalized spacial score (nSPS) is 11.1. The van der Waals surface area contributed by atoms with E-state index in [9.17, 15) is 8.42 Å². The van der Waals surface area contributed by atoms with Gasteiger partial charge in [-0.3, -0.25) is 0 Å². The molecule has 0 fully saturated rings. The Labute approximate surface area is 93.7 Å². The van der Waals surface area contributed by atoms with Crippen LogP contribution in [0.3, 0.4) is 0 Å². The minimum Gasteiger partial charge on any atom is -0.488 e. The van der Waals surface area contributed by atoms with Crippen LogP contribution in [-0.2, 0) is 9.05 Å². The standard InChI is InChI=1S/C10H11ClO3S/c1-8(2)7-14-9-5-3-4-6-10(9)15(11,12)13/h3-6H,1,7H2,2H3. The van der Waals surface area contributed by atoms with Crippen molar-refractivity contribution < 1.29 is 13.2 Å². The fourth-order valence-electron chi connectivity index (χ4n) is 0.972. The minimum atomic E-state index is -3.76. The molecule has 0 saturated carbocycles. The minimum absolute atomic E-state index is 0.0204. The van der Waals surface area contributed by atoms with Crippen LogP contribution in [0.2, 0.25) is 0 Å². The van der Waals surface area contributed by atoms with Gasteiger partial charge in [0.05, 0.1) is 0 Å². The lowest BCUT2D eigenvalue weighted by atomic mass is 10.3. The van der Waals surface area contributed by atoms with Crippen molar-refractivity contribution in [1.82, 2.24) is 0 Å². The number of halogens is 1. The number of benzene rings is 1. The summed E-state index contributed by atoms with van der Waals surface area (Å²) in [6.07, 6.45) is 0. The lowest BCUT2D eigenvalue weighted by Crippen LogP contribution is -2.02. The van der Waals surface area contributed by atoms with Crippen molar-refractivity contribution >= 4 is 19.7 Å². The highest BCUT2D eigenvalue weighted by molar-refractivity contribution is 8.13. The third-order valence-electron chi connectivity index (χ3n) is 1.59. The van der Waals surface area contributed by atoms with Crippen LogP contribution in [0.15, 0.2) is 41.3 Å². The van der Waals surface area contributed by atoms with Crippen LogP contribution in [-0.4, -0.2) is 15.0 Å². The van der Waals surface area contributed by atoms with Crippen LogP contribution in [0, 0.1) is 0 Å². The summed E-state index contributed by atoms with van der Waals surface area (Å²) in [5, 5.41) is 0. The van der Waals surface area contributed by atoms with Crippen molar-refractivity contribution in [1.29, 1.82) is 0 Å². The molecule has 1 aromatic rings. The van der Waals surface area contributed by atoms with Gasteiger partial charge in [-0.15, -0.1) is 0 Å². The molecule has 0 unspecified atom stereocenters. The Morgan fingerprint density at radius 2 is 2.07 bits per heavy atom. The first kappa shape index (κ1) is 12.1. The van der Waals surface area contributed by atoms with Gasteiger partial charge in [0, 0.05) is 10.7 Å². The van der Waals surface area contributed by atoms with Crippen molar-refractivity contribution in [3.05, 3.63) is 36.4 Å². The van der Waals surface area contributed by atoms with Crippen LogP contribution in [0.1, 0.15) is 6.92 Å². The van der Waals surface area contributed by atoms with E-state index in [-0.39, 0.29) is 17.3 Å². The topological polar surface area (TPSA) is 43.4 Å². The van der Waals surface area contributed by atoms with E-state index in [4.69, 9.17) is 15.4 Å². The average Bonchev–Trinajstić information content (AvgIpc) is 2.13. The van der Waals surface area contributed by atoms with Crippen LogP contribution in [0.4, 0.5) is 0 Å². The van der Waals surface area contributed by atoms with Crippen molar-refractivity contribution in [2.24, 2.45) is 0 Å². The summed E-state index contributed by atoms with van der Waals surface area (Å²) in [5.74, 6) is 0.246. The molecule has 15 heavy (non-hydrogen) atoms. The van der Waals surface area contributed by atoms with E-state index in [0.29, 0.717) is 0 Å². The van der Waals surface area contributed by atoms with E-state index in [0.717, 1.165) is 5.57 Å². The zero-order valence-corrected chi connectivity index (χ0v) is 9.81. The zero-order valence-electron chi connectivity index (χ0n) is 8.23. The maximum Gasteiger partial charge on any atom is 0.264 e. The monoisotopic (exact) mass is 246 g/mol. The molecular formula is C10H11ClO3S. The summed E-state index contributed by atoms with van der Waals surface area (Å²) in [6, 6.07) is 6.22. The molecule has 1 aromatic carbocycles. The number of hydrogen-bond acceptors (Lipinski definition) is 3. The molecule has 0 aliphatic carbocycles. The predicted molar refractivity (Wildman–Crippen MR) is 59.8 cm³/mol. The summed E-state index contributed by atoms with van der Waals surface area (Å²) in [6.45, 7) is 5.71. The molecular weight excluding hydrogens is 236 g/mol. The van der Waals surface area contributed by atoms with Crippen LogP contribution in [0.5, 0.6) is 5.75 Å². The van der Waals surface area contributed by atoms with E-state index >= 15 is 0 Å². The fraction of sp³-hybridized carbons (Fsp3) is 0.200. The first-order valence-corrected chi connectivity index (χ1v) is 6.53. The Hall–Kier alpha value is -1.00. The summed E-state index contributed by atoms with van der Waals surface area (Å²) in [7, 11) is 1.48. The number of para-hydroxylation sites is 1. The zero-order chi connectivity index (χ0) is 11.5. The smallest absolute Gasteiger partial charge is 0.264 e. The van der Waals surface area contributed by atoms with Gasteiger partial charge >= 0.3 is 0 Å². The van der Waals surface area contributed by atoms with Gasteiger partial charge in [0.1, 0.15) is 17.3 Å². The first-order valence-electron chi connectivity index (χ1n) is 4.22. The molecule has 0 aliphatic heterocycles. The van der Waals surface area contributed by atoms with Gasteiger partial charge in [-0.1, -0.05) is 18.7 Å².